The molecule has 2 rings (SSSR count). The third-order valence-corrected chi connectivity index (χ3v) is 2.71. The first-order valence-electron chi connectivity index (χ1n) is 3.02. The summed E-state index contributed by atoms with van der Waals surface area (Å²) >= 11 is 0. The first kappa shape index (κ1) is 12.5. The van der Waals surface area contributed by atoms with E-state index in [1.54, 1.807) is 18.5 Å². The fourth-order valence-electron chi connectivity index (χ4n) is 0.401. The molecule has 0 unspecified atom stereocenters. The summed E-state index contributed by atoms with van der Waals surface area (Å²) in [4.78, 5) is 0. The van der Waals surface area contributed by atoms with E-state index >= 15 is 0 Å². The molecule has 6 heteroatoms. The normalized spacial score (nSPS) is 12.7. The van der Waals surface area contributed by atoms with Crippen LogP contribution in [0.15, 0.2) is 29.9 Å². The molecule has 0 saturated heterocycles. The number of rotatable bonds is 0. The second-order valence-corrected chi connectivity index (χ2v) is 3.88. The molecule has 0 spiro atoms. The molecule has 12 heavy (non-hydrogen) atoms. The van der Waals surface area contributed by atoms with Crippen molar-refractivity contribution in [3.05, 3.63) is 29.9 Å². The molecule has 0 bridgehead atoms. The van der Waals surface area contributed by atoms with Crippen molar-refractivity contribution in [2.45, 2.75) is 0 Å². The second kappa shape index (κ2) is 9.54. The van der Waals surface area contributed by atoms with Gasteiger partial charge in [-0.25, -0.2) is 0 Å². The van der Waals surface area contributed by atoms with Gasteiger partial charge in [0.1, 0.15) is 0 Å². The van der Waals surface area contributed by atoms with Gasteiger partial charge >= 0.3 is 0 Å². The molecule has 0 fully saturated rings. The zero-order valence-corrected chi connectivity index (χ0v) is 10.4. The average Bonchev–Trinajstić information content (AvgIpc) is 2.64. The molecule has 0 atom stereocenters. The minimum Gasteiger partial charge on any atom is -0.139 e. The van der Waals surface area contributed by atoms with Crippen LogP contribution < -0.4 is 0 Å². The summed E-state index contributed by atoms with van der Waals surface area (Å²) in [6.45, 7) is 0. The summed E-state index contributed by atoms with van der Waals surface area (Å²) in [5.74, 6) is 1.20. The van der Waals surface area contributed by atoms with E-state index in [1.165, 1.54) is 5.75 Å². The van der Waals surface area contributed by atoms with Crippen LogP contribution in [-0.4, -0.2) is 50.7 Å². The summed E-state index contributed by atoms with van der Waals surface area (Å²) < 4.78 is 0. The van der Waals surface area contributed by atoms with Crippen LogP contribution in [0.2, 0.25) is 0 Å². The molecule has 0 saturated carbocycles. The number of hydrogen-bond acceptors (Lipinski definition) is 5. The minimum atomic E-state index is 0. The summed E-state index contributed by atoms with van der Waals surface area (Å²) in [5.41, 5.74) is 0. The maximum atomic E-state index is 3.42. The van der Waals surface area contributed by atoms with E-state index in [1.807, 2.05) is 21.6 Å². The molecule has 1 aliphatic heterocycles. The Morgan fingerprint density at radius 3 is 2.08 bits per heavy atom. The Kier molecular flexibility index (Phi) is 9.89. The van der Waals surface area contributed by atoms with Crippen LogP contribution in [0, 0.1) is 0 Å². The molecular formula is C6H7N3NaS2. The van der Waals surface area contributed by atoms with Gasteiger partial charge in [-0.1, -0.05) is 27.7 Å². The van der Waals surface area contributed by atoms with Crippen molar-refractivity contribution in [2.24, 2.45) is 0 Å². The predicted octanol–water partition coefficient (Wildman–Crippen LogP) is 1.39. The van der Waals surface area contributed by atoms with E-state index in [0.29, 0.717) is 0 Å². The zero-order valence-electron chi connectivity index (χ0n) is 6.75. The van der Waals surface area contributed by atoms with Crippen LogP contribution >= 0.6 is 21.6 Å². The van der Waals surface area contributed by atoms with Gasteiger partial charge in [0, 0.05) is 35.3 Å². The molecule has 59 valence electrons. The molecule has 1 aromatic rings. The van der Waals surface area contributed by atoms with Gasteiger partial charge in [-0.05, 0) is 16.7 Å². The van der Waals surface area contributed by atoms with Gasteiger partial charge in [0.15, 0.2) is 0 Å². The molecule has 0 amide bonds. The van der Waals surface area contributed by atoms with E-state index in [2.05, 4.69) is 26.9 Å². The fraction of sp³-hybridized carbons (Fsp3) is 0.167. The fourth-order valence-corrected chi connectivity index (χ4v) is 1.97. The van der Waals surface area contributed by atoms with E-state index in [0.717, 1.165) is 0 Å². The molecule has 1 radical (unpaired) electrons. The van der Waals surface area contributed by atoms with Crippen LogP contribution in [0.5, 0.6) is 0 Å². The van der Waals surface area contributed by atoms with Gasteiger partial charge in [0.05, 0.1) is 12.4 Å². The van der Waals surface area contributed by atoms with Crippen LogP contribution in [-0.2, 0) is 0 Å². The summed E-state index contributed by atoms with van der Waals surface area (Å²) in [6, 6.07) is 1.72. The maximum absolute atomic E-state index is 3.42. The topological polar surface area (TPSA) is 38.7 Å². The van der Waals surface area contributed by atoms with E-state index < -0.39 is 0 Å². The van der Waals surface area contributed by atoms with Crippen LogP contribution in [0.4, 0.5) is 0 Å². The molecule has 3 nitrogen and oxygen atoms in total. The maximum Gasteiger partial charge on any atom is 0.0529 e. The average molecular weight is 208 g/mol. The molecule has 1 aliphatic rings. The Balaban J connectivity index is 0.000000189. The van der Waals surface area contributed by atoms with Crippen molar-refractivity contribution in [2.75, 3.05) is 5.75 Å². The molecule has 0 N–H and O–H groups in total. The number of nitrogens with zero attached hydrogens (tertiary/aromatic N) is 3. The van der Waals surface area contributed by atoms with Gasteiger partial charge in [0.25, 0.3) is 0 Å². The molecular weight excluding hydrogens is 201 g/mol. The molecule has 2 heterocycles. The standard InChI is InChI=1S/C3H3N3.C3H4S2.Na/c1-2-4-6-5-3-1;1-2-4-5-3-1;/h1-3H;1-2H,3H2;. The smallest absolute Gasteiger partial charge is 0.0529 e. The molecule has 1 aromatic heterocycles. The van der Waals surface area contributed by atoms with Crippen molar-refractivity contribution >= 4 is 51.1 Å². The summed E-state index contributed by atoms with van der Waals surface area (Å²) in [7, 11) is 3.69. The van der Waals surface area contributed by atoms with Gasteiger partial charge in [0.2, 0.25) is 0 Å². The second-order valence-electron chi connectivity index (χ2n) is 1.56. The number of hydrogen-bond donors (Lipinski definition) is 0. The van der Waals surface area contributed by atoms with Gasteiger partial charge < -0.3 is 0 Å². The Morgan fingerprint density at radius 2 is 1.92 bits per heavy atom. The first-order valence-corrected chi connectivity index (χ1v) is 5.40. The van der Waals surface area contributed by atoms with Gasteiger partial charge in [-0.2, -0.15) is 0 Å². The van der Waals surface area contributed by atoms with Gasteiger partial charge in [-0.3, -0.25) is 0 Å². The quantitative estimate of drug-likeness (QED) is 0.476. The van der Waals surface area contributed by atoms with Crippen LogP contribution in [0.3, 0.4) is 0 Å². The summed E-state index contributed by atoms with van der Waals surface area (Å²) in [6.07, 6.45) is 5.31. The SMILES string of the molecule is C1=CSSC1.[Na].c1cnnnc1. The summed E-state index contributed by atoms with van der Waals surface area (Å²) in [5, 5.41) is 12.2. The predicted molar refractivity (Wildman–Crippen MR) is 54.8 cm³/mol. The van der Waals surface area contributed by atoms with E-state index in [-0.39, 0.29) is 29.6 Å². The van der Waals surface area contributed by atoms with Crippen molar-refractivity contribution in [1.29, 1.82) is 0 Å². The van der Waals surface area contributed by atoms with E-state index in [9.17, 15) is 0 Å². The number of aromatic nitrogens is 3. The van der Waals surface area contributed by atoms with E-state index in [4.69, 9.17) is 0 Å². The Bertz CT molecular complexity index is 174. The van der Waals surface area contributed by atoms with Crippen molar-refractivity contribution in [3.8, 4) is 0 Å². The third-order valence-electron chi connectivity index (χ3n) is 0.793. The van der Waals surface area contributed by atoms with Crippen molar-refractivity contribution in [1.82, 2.24) is 15.4 Å². The van der Waals surface area contributed by atoms with Gasteiger partial charge in [-0.15, -0.1) is 10.2 Å². The van der Waals surface area contributed by atoms with Crippen molar-refractivity contribution in [3.63, 3.8) is 0 Å². The Labute approximate surface area is 101 Å². The zero-order chi connectivity index (χ0) is 7.78. The monoisotopic (exact) mass is 208 g/mol. The Morgan fingerprint density at radius 1 is 1.17 bits per heavy atom. The molecule has 0 aliphatic carbocycles. The molecule has 0 aromatic carbocycles. The van der Waals surface area contributed by atoms with Crippen LogP contribution in [0.1, 0.15) is 0 Å². The Hall–Kier alpha value is 0.450. The minimum absolute atomic E-state index is 0. The largest absolute Gasteiger partial charge is 0.139 e. The first-order chi connectivity index (χ1) is 5.50. The van der Waals surface area contributed by atoms with Crippen LogP contribution in [0.25, 0.3) is 0 Å². The third kappa shape index (κ3) is 7.12. The van der Waals surface area contributed by atoms with Crippen molar-refractivity contribution < 1.29 is 0 Å².